The molecule has 0 spiro atoms. The molecule has 17 heavy (non-hydrogen) atoms. The fourth-order valence-corrected chi connectivity index (χ4v) is 3.01. The monoisotopic (exact) mass is 242 g/mol. The lowest BCUT2D eigenvalue weighted by atomic mass is 10.1. The Kier molecular flexibility index (Phi) is 3.65. The molecule has 1 unspecified atom stereocenters. The zero-order valence-corrected chi connectivity index (χ0v) is 11.0. The lowest BCUT2D eigenvalue weighted by molar-refractivity contribution is -0.379. The highest BCUT2D eigenvalue weighted by molar-refractivity contribution is 7.55. The van der Waals surface area contributed by atoms with Crippen molar-refractivity contribution in [2.24, 2.45) is 0 Å². The van der Waals surface area contributed by atoms with Crippen LogP contribution in [0.5, 0.6) is 0 Å². The van der Waals surface area contributed by atoms with Crippen molar-refractivity contribution in [2.75, 3.05) is 0 Å². The van der Waals surface area contributed by atoms with E-state index in [1.165, 1.54) is 21.7 Å². The Morgan fingerprint density at radius 2 is 1.76 bits per heavy atom. The topological polar surface area (TPSA) is 36.3 Å². The Morgan fingerprint density at radius 3 is 2.41 bits per heavy atom. The Bertz CT molecular complexity index is 535. The van der Waals surface area contributed by atoms with Gasteiger partial charge in [0.15, 0.2) is 5.69 Å². The molecule has 0 aromatic heterocycles. The van der Waals surface area contributed by atoms with Crippen molar-refractivity contribution in [1.29, 1.82) is 0 Å². The van der Waals surface area contributed by atoms with Crippen LogP contribution in [-0.2, 0) is 0 Å². The highest BCUT2D eigenvalue weighted by atomic mass is 31.1. The van der Waals surface area contributed by atoms with E-state index in [0.29, 0.717) is 8.58 Å². The SMILES string of the molecule is Cc1cc([NH+]=[N-])cc(Pc2ccccc2)c1C. The van der Waals surface area contributed by atoms with Crippen LogP contribution in [0.2, 0.25) is 0 Å². The molecule has 0 aliphatic heterocycles. The van der Waals surface area contributed by atoms with Gasteiger partial charge in [-0.1, -0.05) is 38.9 Å². The van der Waals surface area contributed by atoms with E-state index >= 15 is 0 Å². The van der Waals surface area contributed by atoms with Gasteiger partial charge in [-0.3, -0.25) is 5.11 Å². The van der Waals surface area contributed by atoms with Crippen molar-refractivity contribution in [3.05, 3.63) is 59.1 Å². The number of aryl methyl sites for hydroxylation is 1. The molecule has 1 N–H and O–H groups in total. The van der Waals surface area contributed by atoms with E-state index in [0.717, 1.165) is 5.69 Å². The fraction of sp³-hybridized carbons (Fsp3) is 0.143. The van der Waals surface area contributed by atoms with Crippen LogP contribution in [0.15, 0.2) is 42.5 Å². The first-order chi connectivity index (χ1) is 8.20. The summed E-state index contributed by atoms with van der Waals surface area (Å²) in [5.74, 6) is 0. The molecule has 0 radical (unpaired) electrons. The maximum Gasteiger partial charge on any atom is 0.193 e. The highest BCUT2D eigenvalue weighted by Crippen LogP contribution is 2.18. The summed E-state index contributed by atoms with van der Waals surface area (Å²) in [4.78, 5) is 0. The predicted octanol–water partition coefficient (Wildman–Crippen LogP) is 1.67. The Morgan fingerprint density at radius 1 is 1.06 bits per heavy atom. The summed E-state index contributed by atoms with van der Waals surface area (Å²) in [5, 5.41) is 4.81. The molecule has 3 heteroatoms. The summed E-state index contributed by atoms with van der Waals surface area (Å²) in [6.07, 6.45) is 0. The van der Waals surface area contributed by atoms with Gasteiger partial charge >= 0.3 is 0 Å². The minimum absolute atomic E-state index is 0.620. The third-order valence-electron chi connectivity index (χ3n) is 2.85. The normalized spacial score (nSPS) is 10.9. The molecule has 0 saturated carbocycles. The molecule has 2 aromatic carbocycles. The van der Waals surface area contributed by atoms with Gasteiger partial charge < -0.3 is 5.53 Å². The van der Waals surface area contributed by atoms with Gasteiger partial charge in [0.05, 0.1) is 0 Å². The Hall–Kier alpha value is -1.53. The van der Waals surface area contributed by atoms with Crippen molar-refractivity contribution in [3.63, 3.8) is 0 Å². The van der Waals surface area contributed by atoms with Gasteiger partial charge in [-0.2, -0.15) is 0 Å². The molecule has 2 nitrogen and oxygen atoms in total. The van der Waals surface area contributed by atoms with E-state index in [9.17, 15) is 0 Å². The molecule has 0 aliphatic carbocycles. The van der Waals surface area contributed by atoms with Crippen LogP contribution < -0.4 is 15.7 Å². The number of benzene rings is 2. The van der Waals surface area contributed by atoms with Crippen LogP contribution in [-0.4, -0.2) is 0 Å². The molecule has 0 amide bonds. The third-order valence-corrected chi connectivity index (χ3v) is 4.26. The van der Waals surface area contributed by atoms with Crippen LogP contribution in [0.4, 0.5) is 5.69 Å². The fourth-order valence-electron chi connectivity index (χ4n) is 1.73. The van der Waals surface area contributed by atoms with Gasteiger partial charge in [0.2, 0.25) is 0 Å². The van der Waals surface area contributed by atoms with Crippen LogP contribution in [0.1, 0.15) is 11.1 Å². The van der Waals surface area contributed by atoms with E-state index in [1.54, 1.807) is 0 Å². The minimum Gasteiger partial charge on any atom is -0.502 e. The van der Waals surface area contributed by atoms with Crippen LogP contribution >= 0.6 is 8.58 Å². The first-order valence-corrected chi connectivity index (χ1v) is 6.54. The molecule has 86 valence electrons. The molecule has 1 atom stereocenters. The molecule has 0 bridgehead atoms. The number of hydrogen-bond donors (Lipinski definition) is 1. The summed E-state index contributed by atoms with van der Waals surface area (Å²) in [5.41, 5.74) is 12.2. The summed E-state index contributed by atoms with van der Waals surface area (Å²) >= 11 is 0. The van der Waals surface area contributed by atoms with Gasteiger partial charge in [-0.15, -0.1) is 0 Å². The maximum atomic E-state index is 9.00. The zero-order chi connectivity index (χ0) is 12.3. The van der Waals surface area contributed by atoms with Crippen LogP contribution in [0.25, 0.3) is 5.53 Å². The highest BCUT2D eigenvalue weighted by Gasteiger charge is 2.06. The minimum atomic E-state index is 0.620. The van der Waals surface area contributed by atoms with Crippen molar-refractivity contribution in [2.45, 2.75) is 13.8 Å². The summed E-state index contributed by atoms with van der Waals surface area (Å²) in [7, 11) is 0.620. The van der Waals surface area contributed by atoms with Gasteiger partial charge in [0, 0.05) is 12.1 Å². The second-order valence-electron chi connectivity index (χ2n) is 4.07. The second-order valence-corrected chi connectivity index (χ2v) is 5.43. The number of rotatable bonds is 3. The zero-order valence-electron chi connectivity index (χ0n) is 9.99. The van der Waals surface area contributed by atoms with Gasteiger partial charge in [0.25, 0.3) is 0 Å². The smallest absolute Gasteiger partial charge is 0.193 e. The van der Waals surface area contributed by atoms with Crippen molar-refractivity contribution < 1.29 is 5.11 Å². The summed E-state index contributed by atoms with van der Waals surface area (Å²) < 4.78 is 0. The number of nitrogens with one attached hydrogen (secondary N) is 1. The number of hydrogen-bond acceptors (Lipinski definition) is 0. The Balaban J connectivity index is 2.38. The average Bonchev–Trinajstić information content (AvgIpc) is 2.36. The van der Waals surface area contributed by atoms with Crippen molar-refractivity contribution >= 4 is 24.9 Å². The molecule has 2 rings (SSSR count). The first-order valence-electron chi connectivity index (χ1n) is 5.54. The van der Waals surface area contributed by atoms with E-state index < -0.39 is 0 Å². The first kappa shape index (κ1) is 11.9. The molecule has 0 heterocycles. The van der Waals surface area contributed by atoms with Gasteiger partial charge in [-0.25, -0.2) is 0 Å². The van der Waals surface area contributed by atoms with Crippen LogP contribution in [0, 0.1) is 13.8 Å². The van der Waals surface area contributed by atoms with Crippen LogP contribution in [0.3, 0.4) is 0 Å². The van der Waals surface area contributed by atoms with E-state index in [4.69, 9.17) is 5.53 Å². The van der Waals surface area contributed by atoms with Gasteiger partial charge in [0.1, 0.15) is 0 Å². The molecule has 0 aliphatic rings. The number of nitrogens with zero attached hydrogens (tertiary/aromatic N) is 1. The lowest BCUT2D eigenvalue weighted by Gasteiger charge is -2.09. The van der Waals surface area contributed by atoms with E-state index in [2.05, 4.69) is 43.2 Å². The van der Waals surface area contributed by atoms with E-state index in [1.807, 2.05) is 18.2 Å². The molecular formula is C14H15N2P. The maximum absolute atomic E-state index is 9.00. The lowest BCUT2D eigenvalue weighted by Crippen LogP contribution is -2.54. The summed E-state index contributed by atoms with van der Waals surface area (Å²) in [6.45, 7) is 4.19. The molecular weight excluding hydrogens is 227 g/mol. The van der Waals surface area contributed by atoms with E-state index in [-0.39, 0.29) is 0 Å². The molecule has 0 saturated heterocycles. The largest absolute Gasteiger partial charge is 0.502 e. The van der Waals surface area contributed by atoms with Gasteiger partial charge in [-0.05, 0) is 35.6 Å². The Labute approximate surface area is 103 Å². The van der Waals surface area contributed by atoms with Crippen molar-refractivity contribution in [1.82, 2.24) is 0 Å². The summed E-state index contributed by atoms with van der Waals surface area (Å²) in [6, 6.07) is 14.4. The molecule has 2 aromatic rings. The third kappa shape index (κ3) is 2.78. The second kappa shape index (κ2) is 5.20. The average molecular weight is 242 g/mol. The van der Waals surface area contributed by atoms with Crippen molar-refractivity contribution in [3.8, 4) is 0 Å². The molecule has 0 fully saturated rings. The standard InChI is InChI=1S/C14H15N2P/c1-10-8-12(16-15)9-14(11(10)2)17-13-6-4-3-5-7-13/h3-9,16-17H,1-2H3. The predicted molar refractivity (Wildman–Crippen MR) is 73.9 cm³/mol. The quantitative estimate of drug-likeness (QED) is 0.628.